The molecule has 5 nitrogen and oxygen atoms in total. The maximum absolute atomic E-state index is 11.4. The molecule has 24 heavy (non-hydrogen) atoms. The molecule has 2 atom stereocenters. The second-order valence-electron chi connectivity index (χ2n) is 5.36. The molecule has 0 bridgehead atoms. The van der Waals surface area contributed by atoms with Crippen LogP contribution >= 0.6 is 11.6 Å². The molecule has 1 aliphatic heterocycles. The van der Waals surface area contributed by atoms with Gasteiger partial charge in [-0.05, 0) is 18.2 Å². The van der Waals surface area contributed by atoms with Crippen LogP contribution in [0.3, 0.4) is 0 Å². The van der Waals surface area contributed by atoms with Crippen molar-refractivity contribution in [3.8, 4) is 11.5 Å². The number of halogens is 1. The zero-order chi connectivity index (χ0) is 16.9. The summed E-state index contributed by atoms with van der Waals surface area (Å²) in [6, 6.07) is 14.8. The first-order valence-electron chi connectivity index (χ1n) is 7.61. The van der Waals surface area contributed by atoms with E-state index in [0.717, 1.165) is 5.56 Å². The van der Waals surface area contributed by atoms with Gasteiger partial charge >= 0.3 is 0 Å². The van der Waals surface area contributed by atoms with E-state index in [-0.39, 0.29) is 18.6 Å². The molecule has 1 fully saturated rings. The summed E-state index contributed by atoms with van der Waals surface area (Å²) in [6.45, 7) is 0.352. The summed E-state index contributed by atoms with van der Waals surface area (Å²) in [5.41, 5.74) is 0.797. The summed E-state index contributed by atoms with van der Waals surface area (Å²) >= 11 is 6.35. The van der Waals surface area contributed by atoms with Gasteiger partial charge < -0.3 is 19.5 Å². The van der Waals surface area contributed by atoms with Gasteiger partial charge in [0.25, 0.3) is 0 Å². The second kappa shape index (κ2) is 7.55. The fourth-order valence-electron chi connectivity index (χ4n) is 2.60. The van der Waals surface area contributed by atoms with Crippen LogP contribution < -0.4 is 14.8 Å². The third-order valence-corrected chi connectivity index (χ3v) is 4.15. The van der Waals surface area contributed by atoms with Gasteiger partial charge in [-0.25, -0.2) is 0 Å². The van der Waals surface area contributed by atoms with Gasteiger partial charge in [-0.15, -0.1) is 0 Å². The highest BCUT2D eigenvalue weighted by molar-refractivity contribution is 6.31. The molecular weight excluding hydrogens is 330 g/mol. The minimum atomic E-state index is -0.476. The van der Waals surface area contributed by atoms with Crippen LogP contribution in [-0.2, 0) is 9.53 Å². The Morgan fingerprint density at radius 1 is 1.17 bits per heavy atom. The molecular formula is C18H18ClNO4. The maximum Gasteiger partial charge on any atom is 0.246 e. The van der Waals surface area contributed by atoms with Crippen molar-refractivity contribution in [2.45, 2.75) is 12.2 Å². The van der Waals surface area contributed by atoms with Crippen molar-refractivity contribution in [1.82, 2.24) is 5.32 Å². The predicted octanol–water partition coefficient (Wildman–Crippen LogP) is 2.98. The van der Waals surface area contributed by atoms with Crippen molar-refractivity contribution in [2.75, 3.05) is 20.3 Å². The highest BCUT2D eigenvalue weighted by Gasteiger charge is 2.32. The smallest absolute Gasteiger partial charge is 0.246 e. The molecule has 2 aromatic rings. The number of benzene rings is 2. The molecule has 0 spiro atoms. The molecule has 0 saturated carbocycles. The number of hydrogen-bond donors (Lipinski definition) is 1. The van der Waals surface area contributed by atoms with E-state index in [4.69, 9.17) is 25.8 Å². The summed E-state index contributed by atoms with van der Waals surface area (Å²) in [7, 11) is 1.59. The fraction of sp³-hybridized carbons (Fsp3) is 0.278. The third kappa shape index (κ3) is 3.63. The van der Waals surface area contributed by atoms with Crippen LogP contribution in [0.2, 0.25) is 5.02 Å². The van der Waals surface area contributed by atoms with Crippen molar-refractivity contribution in [1.29, 1.82) is 0 Å². The van der Waals surface area contributed by atoms with E-state index in [9.17, 15) is 4.79 Å². The zero-order valence-electron chi connectivity index (χ0n) is 13.2. The minimum absolute atomic E-state index is 0.000897. The number of para-hydroxylation sites is 2. The van der Waals surface area contributed by atoms with Crippen molar-refractivity contribution >= 4 is 17.5 Å². The Kier molecular flexibility index (Phi) is 5.23. The number of rotatable bonds is 5. The van der Waals surface area contributed by atoms with Crippen LogP contribution in [-0.4, -0.2) is 32.3 Å². The van der Waals surface area contributed by atoms with Crippen LogP contribution in [0.15, 0.2) is 48.5 Å². The molecule has 0 radical (unpaired) electrons. The molecule has 3 rings (SSSR count). The first-order chi connectivity index (χ1) is 11.7. The van der Waals surface area contributed by atoms with Gasteiger partial charge in [-0.2, -0.15) is 0 Å². The van der Waals surface area contributed by atoms with E-state index < -0.39 is 6.10 Å². The largest absolute Gasteiger partial charge is 0.493 e. The zero-order valence-corrected chi connectivity index (χ0v) is 14.0. The average Bonchev–Trinajstić information content (AvgIpc) is 2.62. The van der Waals surface area contributed by atoms with Gasteiger partial charge in [0.15, 0.2) is 17.6 Å². The SMILES string of the molecule is COc1ccccc1OC(c1ccccc1Cl)C1CNC(=O)CO1. The first-order valence-corrected chi connectivity index (χ1v) is 7.99. The highest BCUT2D eigenvalue weighted by Crippen LogP contribution is 2.35. The summed E-state index contributed by atoms with van der Waals surface area (Å²) in [4.78, 5) is 11.4. The number of carbonyl (C=O) groups is 1. The molecule has 6 heteroatoms. The highest BCUT2D eigenvalue weighted by atomic mass is 35.5. The molecule has 126 valence electrons. The molecule has 0 aromatic heterocycles. The molecule has 2 unspecified atom stereocenters. The normalized spacial score (nSPS) is 18.6. The summed E-state index contributed by atoms with van der Waals surface area (Å²) in [5.74, 6) is 1.07. The standard InChI is InChI=1S/C18H18ClNO4/c1-22-14-8-4-5-9-15(14)24-18(12-6-2-3-7-13(12)19)16-10-20-17(21)11-23-16/h2-9,16,18H,10-11H2,1H3,(H,20,21). The predicted molar refractivity (Wildman–Crippen MR) is 90.6 cm³/mol. The minimum Gasteiger partial charge on any atom is -0.493 e. The monoisotopic (exact) mass is 347 g/mol. The Labute approximate surface area is 145 Å². The van der Waals surface area contributed by atoms with Crippen LogP contribution in [0.1, 0.15) is 11.7 Å². The number of nitrogens with one attached hydrogen (secondary N) is 1. The van der Waals surface area contributed by atoms with Crippen LogP contribution in [0.5, 0.6) is 11.5 Å². The van der Waals surface area contributed by atoms with Gasteiger partial charge in [-0.3, -0.25) is 4.79 Å². The number of amides is 1. The van der Waals surface area contributed by atoms with Crippen LogP contribution in [0, 0.1) is 0 Å². The van der Waals surface area contributed by atoms with E-state index in [1.807, 2.05) is 42.5 Å². The lowest BCUT2D eigenvalue weighted by atomic mass is 10.0. The molecule has 1 amide bonds. The topological polar surface area (TPSA) is 56.8 Å². The van der Waals surface area contributed by atoms with Crippen molar-refractivity contribution < 1.29 is 19.0 Å². The lowest BCUT2D eigenvalue weighted by Crippen LogP contribution is -2.46. The Bertz CT molecular complexity index is 712. The second-order valence-corrected chi connectivity index (χ2v) is 5.77. The van der Waals surface area contributed by atoms with Gasteiger partial charge in [0.1, 0.15) is 12.7 Å². The Balaban J connectivity index is 1.93. The number of hydrogen-bond acceptors (Lipinski definition) is 4. The van der Waals surface area contributed by atoms with Crippen LogP contribution in [0.25, 0.3) is 0 Å². The van der Waals surface area contributed by atoms with Gasteiger partial charge in [-0.1, -0.05) is 41.9 Å². The average molecular weight is 348 g/mol. The van der Waals surface area contributed by atoms with Crippen molar-refractivity contribution in [3.63, 3.8) is 0 Å². The number of carbonyl (C=O) groups excluding carboxylic acids is 1. The van der Waals surface area contributed by atoms with Crippen molar-refractivity contribution in [2.24, 2.45) is 0 Å². The molecule has 1 heterocycles. The number of morpholine rings is 1. The van der Waals surface area contributed by atoms with Gasteiger partial charge in [0.2, 0.25) is 5.91 Å². The Morgan fingerprint density at radius 2 is 1.88 bits per heavy atom. The van der Waals surface area contributed by atoms with E-state index >= 15 is 0 Å². The lowest BCUT2D eigenvalue weighted by molar-refractivity contribution is -0.137. The molecule has 1 N–H and O–H groups in total. The quantitative estimate of drug-likeness (QED) is 0.903. The van der Waals surface area contributed by atoms with E-state index in [1.54, 1.807) is 13.2 Å². The van der Waals surface area contributed by atoms with E-state index in [2.05, 4.69) is 5.32 Å². The fourth-order valence-corrected chi connectivity index (χ4v) is 2.84. The molecule has 0 aliphatic carbocycles. The maximum atomic E-state index is 11.4. The summed E-state index contributed by atoms with van der Waals surface area (Å²) < 4.78 is 17.2. The van der Waals surface area contributed by atoms with Gasteiger partial charge in [0, 0.05) is 17.1 Å². The van der Waals surface area contributed by atoms with Gasteiger partial charge in [0.05, 0.1) is 7.11 Å². The van der Waals surface area contributed by atoms with Crippen molar-refractivity contribution in [3.05, 3.63) is 59.1 Å². The summed E-state index contributed by atoms with van der Waals surface area (Å²) in [5, 5.41) is 3.38. The van der Waals surface area contributed by atoms with E-state index in [1.165, 1.54) is 0 Å². The molecule has 1 saturated heterocycles. The molecule has 2 aromatic carbocycles. The number of ether oxygens (including phenoxy) is 3. The number of methoxy groups -OCH3 is 1. The Morgan fingerprint density at radius 3 is 2.54 bits per heavy atom. The lowest BCUT2D eigenvalue weighted by Gasteiger charge is -2.32. The summed E-state index contributed by atoms with van der Waals surface area (Å²) in [6.07, 6.45) is -0.830. The third-order valence-electron chi connectivity index (χ3n) is 3.80. The van der Waals surface area contributed by atoms with Crippen LogP contribution in [0.4, 0.5) is 0 Å². The first kappa shape index (κ1) is 16.6. The Hall–Kier alpha value is -2.24. The van der Waals surface area contributed by atoms with E-state index in [0.29, 0.717) is 23.1 Å². The molecule has 1 aliphatic rings.